The molecule has 3 aromatic rings. The van der Waals surface area contributed by atoms with Crippen LogP contribution >= 0.6 is 12.2 Å². The Balaban J connectivity index is 1.32. The van der Waals surface area contributed by atoms with Gasteiger partial charge in [0.1, 0.15) is 25.0 Å². The first-order chi connectivity index (χ1) is 14.7. The van der Waals surface area contributed by atoms with Crippen LogP contribution in [0.3, 0.4) is 0 Å². The lowest BCUT2D eigenvalue weighted by molar-refractivity contribution is -0.660. The number of quaternary nitrogens is 1. The number of para-hydroxylation sites is 2. The first-order valence-corrected chi connectivity index (χ1v) is 10.5. The summed E-state index contributed by atoms with van der Waals surface area (Å²) in [6.07, 6.45) is 0.439. The zero-order valence-corrected chi connectivity index (χ0v) is 17.6. The number of hydrogen-bond acceptors (Lipinski definition) is 3. The molecule has 0 saturated carbocycles. The number of rotatable bonds is 10. The van der Waals surface area contributed by atoms with Gasteiger partial charge in [-0.15, -0.1) is 0 Å². The van der Waals surface area contributed by atoms with Crippen molar-refractivity contribution in [2.75, 3.05) is 30.3 Å². The van der Waals surface area contributed by atoms with Crippen LogP contribution in [0.1, 0.15) is 5.56 Å². The van der Waals surface area contributed by atoms with Crippen molar-refractivity contribution in [1.82, 2.24) is 0 Å². The molecule has 5 N–H and O–H groups in total. The third-order valence-corrected chi connectivity index (χ3v) is 4.71. The molecule has 1 atom stereocenters. The molecule has 0 aliphatic heterocycles. The molecule has 156 valence electrons. The van der Waals surface area contributed by atoms with E-state index in [1.54, 1.807) is 0 Å². The number of hydrogen-bond donors (Lipinski definition) is 4. The van der Waals surface area contributed by atoms with Crippen LogP contribution in [-0.2, 0) is 6.42 Å². The number of benzene rings is 3. The van der Waals surface area contributed by atoms with Gasteiger partial charge in [0, 0.05) is 17.8 Å². The Hall–Kier alpha value is -2.93. The van der Waals surface area contributed by atoms with E-state index in [0.29, 0.717) is 18.3 Å². The van der Waals surface area contributed by atoms with E-state index in [-0.39, 0.29) is 0 Å². The molecule has 0 aromatic heterocycles. The molecule has 0 aliphatic rings. The monoisotopic (exact) mass is 422 g/mol. The minimum atomic E-state index is -0.491. The van der Waals surface area contributed by atoms with Crippen molar-refractivity contribution < 1.29 is 15.2 Å². The standard InChI is InChI=1S/C24H27N3O2S/c28-22(18-29-23-9-5-2-6-10-23)17-25-16-15-19-11-13-21(14-12-19)27-24(30)26-20-7-3-1-4-8-20/h1-14,22,25,28H,15-18H2,(H2,26,27,30)/p+1. The average Bonchev–Trinajstić information content (AvgIpc) is 2.78. The third kappa shape index (κ3) is 7.83. The second-order valence-electron chi connectivity index (χ2n) is 6.98. The van der Waals surface area contributed by atoms with E-state index in [4.69, 9.17) is 17.0 Å². The number of aliphatic hydroxyl groups excluding tert-OH is 1. The zero-order valence-electron chi connectivity index (χ0n) is 16.8. The molecule has 0 bridgehead atoms. The molecule has 6 heteroatoms. The normalized spacial score (nSPS) is 11.5. The first kappa shape index (κ1) is 21.8. The van der Waals surface area contributed by atoms with Gasteiger partial charge in [0.2, 0.25) is 0 Å². The van der Waals surface area contributed by atoms with E-state index in [9.17, 15) is 5.11 Å². The highest BCUT2D eigenvalue weighted by molar-refractivity contribution is 7.80. The van der Waals surface area contributed by atoms with Crippen molar-refractivity contribution in [3.8, 4) is 5.75 Å². The largest absolute Gasteiger partial charge is 0.491 e. The molecular formula is C24H28N3O2S+. The lowest BCUT2D eigenvalue weighted by atomic mass is 10.1. The lowest BCUT2D eigenvalue weighted by Gasteiger charge is -2.12. The highest BCUT2D eigenvalue weighted by atomic mass is 32.1. The molecule has 3 aromatic carbocycles. The summed E-state index contributed by atoms with van der Waals surface area (Å²) in [7, 11) is 0. The van der Waals surface area contributed by atoms with Crippen molar-refractivity contribution in [3.05, 3.63) is 90.5 Å². The maximum Gasteiger partial charge on any atom is 0.175 e. The Bertz CT molecular complexity index is 889. The van der Waals surface area contributed by atoms with Gasteiger partial charge in [-0.2, -0.15) is 0 Å². The SMILES string of the molecule is OC(C[NH2+]CCc1ccc(NC(=S)Nc2ccccc2)cc1)COc1ccccc1. The van der Waals surface area contributed by atoms with E-state index in [1.165, 1.54) is 5.56 Å². The van der Waals surface area contributed by atoms with Crippen LogP contribution in [0.2, 0.25) is 0 Å². The van der Waals surface area contributed by atoms with E-state index in [0.717, 1.165) is 30.1 Å². The summed E-state index contributed by atoms with van der Waals surface area (Å²) < 4.78 is 5.57. The van der Waals surface area contributed by atoms with Gasteiger partial charge in [-0.1, -0.05) is 48.5 Å². The van der Waals surface area contributed by atoms with Crippen LogP contribution in [-0.4, -0.2) is 36.0 Å². The van der Waals surface area contributed by atoms with Crippen molar-refractivity contribution in [2.45, 2.75) is 12.5 Å². The van der Waals surface area contributed by atoms with Crippen molar-refractivity contribution in [2.24, 2.45) is 0 Å². The third-order valence-electron chi connectivity index (χ3n) is 4.50. The highest BCUT2D eigenvalue weighted by Gasteiger charge is 2.07. The highest BCUT2D eigenvalue weighted by Crippen LogP contribution is 2.12. The molecule has 30 heavy (non-hydrogen) atoms. The maximum atomic E-state index is 10.1. The molecule has 0 amide bonds. The summed E-state index contributed by atoms with van der Waals surface area (Å²) in [5, 5.41) is 19.1. The van der Waals surface area contributed by atoms with Gasteiger partial charge in [0.25, 0.3) is 0 Å². The van der Waals surface area contributed by atoms with Gasteiger partial charge < -0.3 is 25.8 Å². The van der Waals surface area contributed by atoms with E-state index in [2.05, 4.69) is 28.1 Å². The topological polar surface area (TPSA) is 70.1 Å². The Labute approximate surface area is 183 Å². The van der Waals surface area contributed by atoms with Crippen molar-refractivity contribution in [3.63, 3.8) is 0 Å². The average molecular weight is 423 g/mol. The molecular weight excluding hydrogens is 394 g/mol. The van der Waals surface area contributed by atoms with E-state index in [1.807, 2.05) is 72.8 Å². The Kier molecular flexibility index (Phi) is 8.65. The molecule has 0 fully saturated rings. The quantitative estimate of drug-likeness (QED) is 0.299. The van der Waals surface area contributed by atoms with Crippen LogP contribution in [0, 0.1) is 0 Å². The maximum absolute atomic E-state index is 10.1. The van der Waals surface area contributed by atoms with Crippen LogP contribution in [0.15, 0.2) is 84.9 Å². The summed E-state index contributed by atoms with van der Waals surface area (Å²) in [6.45, 7) is 1.83. The Morgan fingerprint density at radius 1 is 0.867 bits per heavy atom. The fourth-order valence-electron chi connectivity index (χ4n) is 2.93. The van der Waals surface area contributed by atoms with E-state index < -0.39 is 6.10 Å². The number of nitrogens with two attached hydrogens (primary N) is 1. The van der Waals surface area contributed by atoms with Gasteiger partial charge in [-0.3, -0.25) is 0 Å². The molecule has 0 radical (unpaired) electrons. The molecule has 0 heterocycles. The predicted molar refractivity (Wildman–Crippen MR) is 126 cm³/mol. The van der Waals surface area contributed by atoms with Gasteiger partial charge in [-0.05, 0) is 54.2 Å². The molecule has 1 unspecified atom stereocenters. The molecule has 0 spiro atoms. The van der Waals surface area contributed by atoms with Crippen LogP contribution in [0.5, 0.6) is 5.75 Å². The molecule has 0 saturated heterocycles. The smallest absolute Gasteiger partial charge is 0.175 e. The van der Waals surface area contributed by atoms with Crippen LogP contribution in [0.25, 0.3) is 0 Å². The number of anilines is 2. The Morgan fingerprint density at radius 2 is 1.47 bits per heavy atom. The van der Waals surface area contributed by atoms with Crippen molar-refractivity contribution in [1.29, 1.82) is 0 Å². The van der Waals surface area contributed by atoms with E-state index >= 15 is 0 Å². The number of aliphatic hydroxyl groups is 1. The summed E-state index contributed by atoms with van der Waals surface area (Å²) >= 11 is 5.35. The summed E-state index contributed by atoms with van der Waals surface area (Å²) in [4.78, 5) is 0. The summed E-state index contributed by atoms with van der Waals surface area (Å²) in [5.74, 6) is 0.781. The molecule has 0 aliphatic carbocycles. The minimum Gasteiger partial charge on any atom is -0.491 e. The predicted octanol–water partition coefficient (Wildman–Crippen LogP) is 3.04. The second-order valence-corrected chi connectivity index (χ2v) is 7.39. The van der Waals surface area contributed by atoms with Gasteiger partial charge in [-0.25, -0.2) is 0 Å². The number of ether oxygens (including phenoxy) is 1. The van der Waals surface area contributed by atoms with Gasteiger partial charge >= 0.3 is 0 Å². The minimum absolute atomic E-state index is 0.303. The fourth-order valence-corrected chi connectivity index (χ4v) is 3.16. The number of thiocarbonyl (C=S) groups is 1. The van der Waals surface area contributed by atoms with Crippen LogP contribution < -0.4 is 20.7 Å². The fraction of sp³-hybridized carbons (Fsp3) is 0.208. The zero-order chi connectivity index (χ0) is 21.0. The molecule has 5 nitrogen and oxygen atoms in total. The van der Waals surface area contributed by atoms with Gasteiger partial charge in [0.05, 0.1) is 6.54 Å². The molecule has 3 rings (SSSR count). The van der Waals surface area contributed by atoms with Crippen molar-refractivity contribution >= 4 is 28.7 Å². The number of nitrogens with one attached hydrogen (secondary N) is 2. The Morgan fingerprint density at radius 3 is 2.13 bits per heavy atom. The summed E-state index contributed by atoms with van der Waals surface area (Å²) in [5.41, 5.74) is 3.15. The first-order valence-electron chi connectivity index (χ1n) is 10.1. The van der Waals surface area contributed by atoms with Gasteiger partial charge in [0.15, 0.2) is 5.11 Å². The second kappa shape index (κ2) is 11.9. The lowest BCUT2D eigenvalue weighted by Crippen LogP contribution is -2.87. The van der Waals surface area contributed by atoms with Crippen LogP contribution in [0.4, 0.5) is 11.4 Å². The summed E-state index contributed by atoms with van der Waals surface area (Å²) in [6, 6.07) is 27.6.